The Labute approximate surface area is 112 Å². The Hall–Kier alpha value is -2.37. The number of benzene rings is 1. The van der Waals surface area contributed by atoms with E-state index < -0.39 is 17.8 Å². The summed E-state index contributed by atoms with van der Waals surface area (Å²) in [5.74, 6) is -0.723. The number of hydrogen-bond donors (Lipinski definition) is 1. The molecule has 1 aliphatic heterocycles. The second-order valence-electron chi connectivity index (χ2n) is 4.44. The minimum Gasteiger partial charge on any atom is -0.348 e. The van der Waals surface area contributed by atoms with Crippen LogP contribution in [0.3, 0.4) is 0 Å². The maximum absolute atomic E-state index is 13.1. The molecule has 1 N–H and O–H groups in total. The Morgan fingerprint density at radius 2 is 1.85 bits per heavy atom. The van der Waals surface area contributed by atoms with Gasteiger partial charge >= 0.3 is 6.18 Å². The van der Waals surface area contributed by atoms with Crippen LogP contribution < -0.4 is 5.32 Å². The summed E-state index contributed by atoms with van der Waals surface area (Å²) in [7, 11) is 0. The summed E-state index contributed by atoms with van der Waals surface area (Å²) >= 11 is 0. The highest BCUT2D eigenvalue weighted by atomic mass is 19.4. The molecular weight excluding hydrogens is 269 g/mol. The zero-order valence-corrected chi connectivity index (χ0v) is 10.2. The van der Waals surface area contributed by atoms with E-state index in [1.54, 1.807) is 30.3 Å². The van der Waals surface area contributed by atoms with Crippen LogP contribution >= 0.6 is 0 Å². The average Bonchev–Trinajstić information content (AvgIpc) is 2.79. The Morgan fingerprint density at radius 1 is 1.15 bits per heavy atom. The summed E-state index contributed by atoms with van der Waals surface area (Å²) in [5, 5.41) is 2.40. The van der Waals surface area contributed by atoms with Gasteiger partial charge in [-0.3, -0.25) is 4.79 Å². The topological polar surface area (TPSA) is 42.0 Å². The molecule has 6 heteroatoms. The molecule has 2 heterocycles. The van der Waals surface area contributed by atoms with Gasteiger partial charge in [0, 0.05) is 12.1 Å². The quantitative estimate of drug-likeness (QED) is 0.871. The fourth-order valence-electron chi connectivity index (χ4n) is 2.22. The van der Waals surface area contributed by atoms with Crippen LogP contribution in [0.25, 0.3) is 11.3 Å². The number of amides is 1. The molecule has 0 aliphatic carbocycles. The third-order valence-electron chi connectivity index (χ3n) is 3.11. The van der Waals surface area contributed by atoms with Crippen molar-refractivity contribution in [3.8, 4) is 11.3 Å². The van der Waals surface area contributed by atoms with E-state index in [1.165, 1.54) is 6.07 Å². The van der Waals surface area contributed by atoms with Gasteiger partial charge in [-0.05, 0) is 11.6 Å². The van der Waals surface area contributed by atoms with Gasteiger partial charge < -0.3 is 5.32 Å². The number of nitrogens with one attached hydrogen (secondary N) is 1. The number of pyridine rings is 1. The number of fused-ring (bicyclic) bond motifs is 1. The summed E-state index contributed by atoms with van der Waals surface area (Å²) in [5.41, 5.74) is -0.356. The number of carbonyl (C=O) groups is 1. The number of halogens is 3. The molecule has 1 aliphatic rings. The van der Waals surface area contributed by atoms with Crippen molar-refractivity contribution in [3.63, 3.8) is 0 Å². The lowest BCUT2D eigenvalue weighted by Crippen LogP contribution is -2.19. The number of rotatable bonds is 1. The van der Waals surface area contributed by atoms with E-state index in [9.17, 15) is 18.0 Å². The summed E-state index contributed by atoms with van der Waals surface area (Å²) in [6, 6.07) is 10.1. The fraction of sp³-hybridized carbons (Fsp3) is 0.143. The lowest BCUT2D eigenvalue weighted by molar-refractivity contribution is -0.141. The molecule has 0 saturated carbocycles. The van der Waals surface area contributed by atoms with E-state index in [-0.39, 0.29) is 17.8 Å². The second kappa shape index (κ2) is 4.33. The van der Waals surface area contributed by atoms with Crippen molar-refractivity contribution < 1.29 is 18.0 Å². The van der Waals surface area contributed by atoms with E-state index in [2.05, 4.69) is 10.3 Å². The van der Waals surface area contributed by atoms with Crippen molar-refractivity contribution in [2.24, 2.45) is 0 Å². The number of aromatic nitrogens is 1. The molecule has 0 saturated heterocycles. The summed E-state index contributed by atoms with van der Waals surface area (Å²) in [6.45, 7) is 0.0968. The van der Waals surface area contributed by atoms with Crippen LogP contribution in [0.4, 0.5) is 13.2 Å². The molecule has 0 unspecified atom stereocenters. The maximum Gasteiger partial charge on any atom is 0.434 e. The van der Waals surface area contributed by atoms with Crippen LogP contribution in [0, 0.1) is 0 Å². The van der Waals surface area contributed by atoms with Crippen molar-refractivity contribution in [2.75, 3.05) is 0 Å². The second-order valence-corrected chi connectivity index (χ2v) is 4.44. The van der Waals surface area contributed by atoms with Gasteiger partial charge in [0.05, 0.1) is 11.3 Å². The van der Waals surface area contributed by atoms with Gasteiger partial charge in [-0.2, -0.15) is 13.2 Å². The third-order valence-corrected chi connectivity index (χ3v) is 3.11. The maximum atomic E-state index is 13.1. The first kappa shape index (κ1) is 12.7. The molecule has 1 aromatic heterocycles. The molecule has 1 amide bonds. The normalized spacial score (nSPS) is 14.1. The molecule has 0 bridgehead atoms. The standard InChI is InChI=1S/C14H9F3N2O/c15-14(16,17)12-11-9(7-18-13(11)20)6-10(19-12)8-4-2-1-3-5-8/h1-6H,7H2,(H,18,20). The molecule has 0 atom stereocenters. The first-order chi connectivity index (χ1) is 9.47. The fourth-order valence-corrected chi connectivity index (χ4v) is 2.22. The summed E-state index contributed by atoms with van der Waals surface area (Å²) < 4.78 is 39.2. The van der Waals surface area contributed by atoms with Gasteiger partial charge in [-0.25, -0.2) is 4.98 Å². The van der Waals surface area contributed by atoms with Crippen molar-refractivity contribution in [1.29, 1.82) is 0 Å². The van der Waals surface area contributed by atoms with E-state index in [0.717, 1.165) is 0 Å². The first-order valence-corrected chi connectivity index (χ1v) is 5.91. The SMILES string of the molecule is O=C1NCc2cc(-c3ccccc3)nc(C(F)(F)F)c21. The zero-order chi connectivity index (χ0) is 14.3. The summed E-state index contributed by atoms with van der Waals surface area (Å²) in [4.78, 5) is 15.2. The Bertz CT molecular complexity index is 681. The largest absolute Gasteiger partial charge is 0.434 e. The minimum absolute atomic E-state index is 0.0968. The monoisotopic (exact) mass is 278 g/mol. The smallest absolute Gasteiger partial charge is 0.348 e. The molecule has 20 heavy (non-hydrogen) atoms. The highest BCUT2D eigenvalue weighted by Crippen LogP contribution is 2.35. The molecule has 2 aromatic rings. The molecule has 102 valence electrons. The Kier molecular flexibility index (Phi) is 2.74. The molecule has 0 fully saturated rings. The van der Waals surface area contributed by atoms with Crippen LogP contribution in [0.5, 0.6) is 0 Å². The molecule has 1 aromatic carbocycles. The van der Waals surface area contributed by atoms with Crippen LogP contribution in [0.2, 0.25) is 0 Å². The molecule has 0 radical (unpaired) electrons. The average molecular weight is 278 g/mol. The number of carbonyl (C=O) groups excluding carboxylic acids is 1. The number of alkyl halides is 3. The molecule has 3 nitrogen and oxygen atoms in total. The first-order valence-electron chi connectivity index (χ1n) is 5.91. The molecule has 3 rings (SSSR count). The van der Waals surface area contributed by atoms with Gasteiger partial charge in [0.2, 0.25) is 0 Å². The minimum atomic E-state index is -4.66. The lowest BCUT2D eigenvalue weighted by atomic mass is 10.0. The Morgan fingerprint density at radius 3 is 2.50 bits per heavy atom. The van der Waals surface area contributed by atoms with Crippen molar-refractivity contribution >= 4 is 5.91 Å². The van der Waals surface area contributed by atoms with Gasteiger partial charge in [0.1, 0.15) is 0 Å². The van der Waals surface area contributed by atoms with Gasteiger partial charge in [-0.1, -0.05) is 30.3 Å². The third kappa shape index (κ3) is 2.03. The predicted molar refractivity (Wildman–Crippen MR) is 65.8 cm³/mol. The zero-order valence-electron chi connectivity index (χ0n) is 10.2. The van der Waals surface area contributed by atoms with Crippen LogP contribution in [-0.4, -0.2) is 10.9 Å². The van der Waals surface area contributed by atoms with E-state index >= 15 is 0 Å². The van der Waals surface area contributed by atoms with Gasteiger partial charge in [0.15, 0.2) is 5.69 Å². The van der Waals surface area contributed by atoms with Crippen LogP contribution in [-0.2, 0) is 12.7 Å². The van der Waals surface area contributed by atoms with E-state index in [4.69, 9.17) is 0 Å². The van der Waals surface area contributed by atoms with Crippen molar-refractivity contribution in [3.05, 3.63) is 53.2 Å². The van der Waals surface area contributed by atoms with Gasteiger partial charge in [-0.15, -0.1) is 0 Å². The Balaban J connectivity index is 2.24. The number of hydrogen-bond acceptors (Lipinski definition) is 2. The highest BCUT2D eigenvalue weighted by Gasteiger charge is 2.40. The van der Waals surface area contributed by atoms with E-state index in [0.29, 0.717) is 11.1 Å². The van der Waals surface area contributed by atoms with Crippen molar-refractivity contribution in [1.82, 2.24) is 10.3 Å². The molecular formula is C14H9F3N2O. The molecule has 0 spiro atoms. The number of nitrogens with zero attached hydrogens (tertiary/aromatic N) is 1. The van der Waals surface area contributed by atoms with Crippen molar-refractivity contribution in [2.45, 2.75) is 12.7 Å². The predicted octanol–water partition coefficient (Wildman–Crippen LogP) is 3.01. The summed E-state index contributed by atoms with van der Waals surface area (Å²) in [6.07, 6.45) is -4.66. The van der Waals surface area contributed by atoms with E-state index in [1.807, 2.05) is 0 Å². The lowest BCUT2D eigenvalue weighted by Gasteiger charge is -2.12. The van der Waals surface area contributed by atoms with Gasteiger partial charge in [0.25, 0.3) is 5.91 Å². The van der Waals surface area contributed by atoms with Crippen LogP contribution in [0.1, 0.15) is 21.6 Å². The van der Waals surface area contributed by atoms with Crippen LogP contribution in [0.15, 0.2) is 36.4 Å². The highest BCUT2D eigenvalue weighted by molar-refractivity contribution is 6.00.